The highest BCUT2D eigenvalue weighted by Gasteiger charge is 2.24. The van der Waals surface area contributed by atoms with E-state index in [1.165, 1.54) is 12.1 Å². The number of hydrogen-bond donors (Lipinski definition) is 3. The van der Waals surface area contributed by atoms with Crippen LogP contribution in [0.1, 0.15) is 12.8 Å². The van der Waals surface area contributed by atoms with Crippen molar-refractivity contribution < 1.29 is 9.60 Å². The van der Waals surface area contributed by atoms with Crippen molar-refractivity contribution in [2.75, 3.05) is 17.0 Å². The molecule has 1 aromatic rings. The van der Waals surface area contributed by atoms with Crippen LogP contribution in [-0.4, -0.2) is 16.2 Å². The average Bonchev–Trinajstić information content (AvgIpc) is 3.09. The molecule has 1 fully saturated rings. The largest absolute Gasteiger partial charge is 0.395 e. The molecule has 0 aromatic heterocycles. The molecule has 94 valence electrons. The number of nitrogen functional groups attached to an aromatic ring is 1. The number of hydrogen-bond acceptors (Lipinski definition) is 5. The molecule has 0 amide bonds. The smallest absolute Gasteiger partial charge is 0.147 e. The van der Waals surface area contributed by atoms with E-state index in [4.69, 9.17) is 17.3 Å². The summed E-state index contributed by atoms with van der Waals surface area (Å²) >= 11 is 6.86. The van der Waals surface area contributed by atoms with Crippen LogP contribution >= 0.6 is 23.7 Å². The van der Waals surface area contributed by atoms with Crippen LogP contribution < -0.4 is 10.5 Å². The lowest BCUT2D eigenvalue weighted by Crippen LogP contribution is -2.15. The van der Waals surface area contributed by atoms with Gasteiger partial charge in [0, 0.05) is 6.54 Å². The Morgan fingerprint density at radius 3 is 2.94 bits per heavy atom. The lowest BCUT2D eigenvalue weighted by Gasteiger charge is -2.15. The number of nitrogens with two attached hydrogens (primary N) is 1. The van der Waals surface area contributed by atoms with Gasteiger partial charge in [0.15, 0.2) is 0 Å². The van der Waals surface area contributed by atoms with Crippen LogP contribution in [0.25, 0.3) is 0 Å². The molecule has 17 heavy (non-hydrogen) atoms. The van der Waals surface area contributed by atoms with Crippen molar-refractivity contribution in [1.29, 1.82) is 0 Å². The number of anilines is 2. The van der Waals surface area contributed by atoms with Crippen LogP contribution in [0.4, 0.5) is 15.8 Å². The van der Waals surface area contributed by atoms with Gasteiger partial charge in [-0.3, -0.25) is 0 Å². The Morgan fingerprint density at radius 1 is 1.59 bits per heavy atom. The third-order valence-corrected chi connectivity index (χ3v) is 3.58. The van der Waals surface area contributed by atoms with E-state index < -0.39 is 5.82 Å². The van der Waals surface area contributed by atoms with Crippen LogP contribution in [-0.2, 0) is 0 Å². The van der Waals surface area contributed by atoms with Crippen LogP contribution in [0.5, 0.6) is 0 Å². The van der Waals surface area contributed by atoms with Crippen LogP contribution in [0.15, 0.2) is 12.1 Å². The first-order valence-electron chi connectivity index (χ1n) is 5.20. The number of benzene rings is 1. The van der Waals surface area contributed by atoms with E-state index in [1.54, 1.807) is 0 Å². The van der Waals surface area contributed by atoms with Crippen molar-refractivity contribution in [1.82, 2.24) is 4.47 Å². The van der Waals surface area contributed by atoms with Gasteiger partial charge in [-0.15, -0.1) is 4.47 Å². The van der Waals surface area contributed by atoms with Gasteiger partial charge in [0.1, 0.15) is 5.82 Å². The summed E-state index contributed by atoms with van der Waals surface area (Å²) < 4.78 is 17.0. The zero-order valence-corrected chi connectivity index (χ0v) is 10.6. The maximum atomic E-state index is 13.0. The molecule has 1 aromatic carbocycles. The molecule has 4 N–H and O–H groups in total. The molecule has 0 heterocycles. The summed E-state index contributed by atoms with van der Waals surface area (Å²) in [6.45, 7) is 0.603. The van der Waals surface area contributed by atoms with Gasteiger partial charge >= 0.3 is 0 Å². The lowest BCUT2D eigenvalue weighted by atomic mass is 10.3. The van der Waals surface area contributed by atoms with Crippen molar-refractivity contribution in [2.45, 2.75) is 12.8 Å². The second kappa shape index (κ2) is 5.30. The summed E-state index contributed by atoms with van der Waals surface area (Å²) in [7, 11) is 0. The normalized spacial score (nSPS) is 15.3. The molecule has 4 nitrogen and oxygen atoms in total. The van der Waals surface area contributed by atoms with Crippen molar-refractivity contribution in [3.63, 3.8) is 0 Å². The maximum absolute atomic E-state index is 13.0. The van der Waals surface area contributed by atoms with Gasteiger partial charge < -0.3 is 15.7 Å². The fraction of sp³-hybridized carbons (Fsp3) is 0.400. The van der Waals surface area contributed by atoms with E-state index in [9.17, 15) is 9.60 Å². The molecule has 0 radical (unpaired) electrons. The minimum Gasteiger partial charge on any atom is -0.395 e. The van der Waals surface area contributed by atoms with Crippen LogP contribution in [0.3, 0.4) is 0 Å². The Bertz CT molecular complexity index is 417. The van der Waals surface area contributed by atoms with Crippen molar-refractivity contribution >= 4 is 35.1 Å². The van der Waals surface area contributed by atoms with E-state index in [0.29, 0.717) is 18.2 Å². The molecule has 0 spiro atoms. The maximum Gasteiger partial charge on any atom is 0.147 e. The molecule has 1 aliphatic carbocycles. The predicted octanol–water partition coefficient (Wildman–Crippen LogP) is 3.14. The molecule has 0 atom stereocenters. The average molecular weight is 278 g/mol. The zero-order valence-electron chi connectivity index (χ0n) is 8.99. The summed E-state index contributed by atoms with van der Waals surface area (Å²) in [5, 5.41) is 9.64. The second-order valence-corrected chi connectivity index (χ2v) is 5.18. The van der Waals surface area contributed by atoms with Gasteiger partial charge in [0.2, 0.25) is 0 Å². The number of nitrogens with zero attached hydrogens (tertiary/aromatic N) is 1. The van der Waals surface area contributed by atoms with Gasteiger partial charge in [0.25, 0.3) is 0 Å². The monoisotopic (exact) mass is 277 g/mol. The lowest BCUT2D eigenvalue weighted by molar-refractivity contribution is 0.0132. The second-order valence-electron chi connectivity index (χ2n) is 3.99. The SMILES string of the molecule is Nc1c(F)ccc(NSN(O)CC2CC2)c1Cl. The zero-order chi connectivity index (χ0) is 12.4. The van der Waals surface area contributed by atoms with Gasteiger partial charge in [-0.05, 0) is 30.9 Å². The molecular weight excluding hydrogens is 265 g/mol. The molecule has 0 saturated heterocycles. The third kappa shape index (κ3) is 3.38. The molecule has 1 aliphatic rings. The van der Waals surface area contributed by atoms with E-state index in [1.807, 2.05) is 0 Å². The van der Waals surface area contributed by atoms with Gasteiger partial charge in [-0.25, -0.2) is 4.39 Å². The van der Waals surface area contributed by atoms with E-state index in [0.717, 1.165) is 29.4 Å². The van der Waals surface area contributed by atoms with E-state index >= 15 is 0 Å². The molecule has 2 rings (SSSR count). The molecule has 1 saturated carbocycles. The summed E-state index contributed by atoms with van der Waals surface area (Å²) in [5.74, 6) is 0.0208. The number of hydroxylamine groups is 1. The minimum atomic E-state index is -0.551. The molecule has 7 heteroatoms. The third-order valence-electron chi connectivity index (χ3n) is 2.50. The van der Waals surface area contributed by atoms with Gasteiger partial charge in [0.05, 0.1) is 28.5 Å². The predicted molar refractivity (Wildman–Crippen MR) is 68.3 cm³/mol. The number of rotatable bonds is 5. The number of halogens is 2. The Kier molecular flexibility index (Phi) is 3.98. The van der Waals surface area contributed by atoms with Gasteiger partial charge in [-0.2, -0.15) is 0 Å². The first-order chi connectivity index (χ1) is 8.08. The molecule has 0 aliphatic heterocycles. The van der Waals surface area contributed by atoms with Crippen LogP contribution in [0, 0.1) is 11.7 Å². The summed E-state index contributed by atoms with van der Waals surface area (Å²) in [5.41, 5.74) is 5.83. The van der Waals surface area contributed by atoms with Crippen molar-refractivity contribution in [3.8, 4) is 0 Å². The Labute approximate surface area is 108 Å². The summed E-state index contributed by atoms with van der Waals surface area (Å²) in [6.07, 6.45) is 2.31. The Morgan fingerprint density at radius 2 is 2.29 bits per heavy atom. The molecule has 0 bridgehead atoms. The summed E-state index contributed by atoms with van der Waals surface area (Å²) in [4.78, 5) is 0. The highest BCUT2D eigenvalue weighted by atomic mass is 35.5. The van der Waals surface area contributed by atoms with E-state index in [-0.39, 0.29) is 10.7 Å². The Hall–Kier alpha value is -0.690. The standard InChI is InChI=1S/C10H13ClFN3OS/c11-9-8(4-3-7(12)10(9)13)14-17-15(16)5-6-1-2-6/h3-4,6,14,16H,1-2,5,13H2. The Balaban J connectivity index is 1.91. The van der Waals surface area contributed by atoms with E-state index in [2.05, 4.69) is 4.72 Å². The highest BCUT2D eigenvalue weighted by Crippen LogP contribution is 2.34. The minimum absolute atomic E-state index is 0.0936. The number of nitrogens with one attached hydrogen (secondary N) is 1. The summed E-state index contributed by atoms with van der Waals surface area (Å²) in [6, 6.07) is 2.71. The van der Waals surface area contributed by atoms with Crippen molar-refractivity contribution in [3.05, 3.63) is 23.0 Å². The highest BCUT2D eigenvalue weighted by molar-refractivity contribution is 7.98. The fourth-order valence-corrected chi connectivity index (χ4v) is 2.22. The molecule has 0 unspecified atom stereocenters. The van der Waals surface area contributed by atoms with Crippen molar-refractivity contribution in [2.24, 2.45) is 5.92 Å². The first kappa shape index (κ1) is 12.8. The quantitative estimate of drug-likeness (QED) is 0.438. The van der Waals surface area contributed by atoms with Crippen LogP contribution in [0.2, 0.25) is 5.02 Å². The first-order valence-corrected chi connectivity index (χ1v) is 6.36. The topological polar surface area (TPSA) is 61.5 Å². The molecular formula is C10H13ClFN3OS. The fourth-order valence-electron chi connectivity index (χ4n) is 1.31. The van der Waals surface area contributed by atoms with Gasteiger partial charge in [-0.1, -0.05) is 11.6 Å².